The highest BCUT2D eigenvalue weighted by Crippen LogP contribution is 2.29. The largest absolute Gasteiger partial charge is 0.508 e. The molecular weight excluding hydrogens is 233 g/mol. The second-order valence-corrected chi connectivity index (χ2v) is 4.06. The summed E-state index contributed by atoms with van der Waals surface area (Å²) in [5, 5.41) is 19.5. The SMILES string of the molecule is Oc1ccc(-n2ccc3c(O)cc(F)cc32)cc1. The van der Waals surface area contributed by atoms with Gasteiger partial charge >= 0.3 is 0 Å². The number of hydrogen-bond donors (Lipinski definition) is 2. The van der Waals surface area contributed by atoms with Gasteiger partial charge in [-0.1, -0.05) is 0 Å². The van der Waals surface area contributed by atoms with Crippen molar-refractivity contribution < 1.29 is 14.6 Å². The van der Waals surface area contributed by atoms with Crippen LogP contribution in [-0.2, 0) is 0 Å². The molecule has 90 valence electrons. The fraction of sp³-hybridized carbons (Fsp3) is 0. The van der Waals surface area contributed by atoms with Crippen LogP contribution in [0.15, 0.2) is 48.7 Å². The summed E-state index contributed by atoms with van der Waals surface area (Å²) in [5.41, 5.74) is 1.37. The van der Waals surface area contributed by atoms with E-state index in [4.69, 9.17) is 0 Å². The molecule has 0 unspecified atom stereocenters. The van der Waals surface area contributed by atoms with E-state index in [1.54, 1.807) is 41.1 Å². The normalized spacial score (nSPS) is 10.9. The molecule has 3 rings (SSSR count). The number of nitrogens with zero attached hydrogens (tertiary/aromatic N) is 1. The number of fused-ring (bicyclic) bond motifs is 1. The molecule has 0 saturated carbocycles. The molecule has 18 heavy (non-hydrogen) atoms. The van der Waals surface area contributed by atoms with Gasteiger partial charge in [-0.05, 0) is 36.4 Å². The van der Waals surface area contributed by atoms with E-state index >= 15 is 0 Å². The van der Waals surface area contributed by atoms with E-state index in [0.717, 1.165) is 11.8 Å². The average molecular weight is 243 g/mol. The molecule has 0 aliphatic heterocycles. The lowest BCUT2D eigenvalue weighted by Gasteiger charge is -2.06. The fourth-order valence-corrected chi connectivity index (χ4v) is 2.03. The quantitative estimate of drug-likeness (QED) is 0.689. The Morgan fingerprint density at radius 2 is 1.67 bits per heavy atom. The third-order valence-electron chi connectivity index (χ3n) is 2.88. The molecule has 0 saturated heterocycles. The van der Waals surface area contributed by atoms with Crippen LogP contribution >= 0.6 is 0 Å². The van der Waals surface area contributed by atoms with E-state index in [1.807, 2.05) is 0 Å². The van der Waals surface area contributed by atoms with Gasteiger partial charge in [0.25, 0.3) is 0 Å². The van der Waals surface area contributed by atoms with Crippen LogP contribution in [0.1, 0.15) is 0 Å². The van der Waals surface area contributed by atoms with Crippen LogP contribution in [0.2, 0.25) is 0 Å². The Bertz CT molecular complexity index is 716. The van der Waals surface area contributed by atoms with E-state index < -0.39 is 5.82 Å². The summed E-state index contributed by atoms with van der Waals surface area (Å²) >= 11 is 0. The summed E-state index contributed by atoms with van der Waals surface area (Å²) in [6.07, 6.45) is 1.75. The molecule has 0 aliphatic rings. The van der Waals surface area contributed by atoms with E-state index in [2.05, 4.69) is 0 Å². The maximum absolute atomic E-state index is 13.3. The summed E-state index contributed by atoms with van der Waals surface area (Å²) < 4.78 is 15.1. The van der Waals surface area contributed by atoms with Crippen molar-refractivity contribution in [3.8, 4) is 17.2 Å². The van der Waals surface area contributed by atoms with Crippen LogP contribution in [0.4, 0.5) is 4.39 Å². The van der Waals surface area contributed by atoms with Crippen molar-refractivity contribution in [2.45, 2.75) is 0 Å². The van der Waals surface area contributed by atoms with E-state index in [1.165, 1.54) is 6.07 Å². The molecule has 0 spiro atoms. The van der Waals surface area contributed by atoms with Crippen molar-refractivity contribution in [3.63, 3.8) is 0 Å². The summed E-state index contributed by atoms with van der Waals surface area (Å²) in [4.78, 5) is 0. The van der Waals surface area contributed by atoms with E-state index in [9.17, 15) is 14.6 Å². The molecule has 0 amide bonds. The molecule has 3 aromatic rings. The van der Waals surface area contributed by atoms with Crippen LogP contribution in [0, 0.1) is 5.82 Å². The minimum Gasteiger partial charge on any atom is -0.508 e. The third kappa shape index (κ3) is 1.59. The van der Waals surface area contributed by atoms with Crippen LogP contribution in [0.3, 0.4) is 0 Å². The second-order valence-electron chi connectivity index (χ2n) is 4.06. The first-order chi connectivity index (χ1) is 8.65. The predicted molar refractivity (Wildman–Crippen MR) is 66.6 cm³/mol. The molecule has 0 fully saturated rings. The van der Waals surface area contributed by atoms with Crippen LogP contribution in [0.5, 0.6) is 11.5 Å². The van der Waals surface area contributed by atoms with Crippen molar-refractivity contribution in [1.29, 1.82) is 0 Å². The maximum atomic E-state index is 13.3. The number of rotatable bonds is 1. The number of halogens is 1. The Kier molecular flexibility index (Phi) is 2.23. The fourth-order valence-electron chi connectivity index (χ4n) is 2.03. The number of aromatic hydroxyl groups is 2. The highest BCUT2D eigenvalue weighted by molar-refractivity contribution is 5.87. The molecule has 0 atom stereocenters. The van der Waals surface area contributed by atoms with E-state index in [0.29, 0.717) is 10.9 Å². The predicted octanol–water partition coefficient (Wildman–Crippen LogP) is 3.18. The Balaban J connectivity index is 2.27. The van der Waals surface area contributed by atoms with Crippen LogP contribution in [0.25, 0.3) is 16.6 Å². The molecule has 2 N–H and O–H groups in total. The summed E-state index contributed by atoms with van der Waals surface area (Å²) in [7, 11) is 0. The molecule has 0 bridgehead atoms. The number of phenolic OH excluding ortho intramolecular Hbond substituents is 2. The van der Waals surface area contributed by atoms with Crippen molar-refractivity contribution in [2.75, 3.05) is 0 Å². The van der Waals surface area contributed by atoms with Gasteiger partial charge in [0, 0.05) is 23.3 Å². The minimum atomic E-state index is -0.487. The van der Waals surface area contributed by atoms with Gasteiger partial charge in [0.1, 0.15) is 17.3 Å². The van der Waals surface area contributed by atoms with Gasteiger partial charge in [0.2, 0.25) is 0 Å². The third-order valence-corrected chi connectivity index (χ3v) is 2.88. The molecule has 0 aliphatic carbocycles. The number of aromatic nitrogens is 1. The lowest BCUT2D eigenvalue weighted by molar-refractivity contribution is 0.474. The van der Waals surface area contributed by atoms with Crippen molar-refractivity contribution in [3.05, 3.63) is 54.5 Å². The first kappa shape index (κ1) is 10.7. The zero-order valence-electron chi connectivity index (χ0n) is 9.34. The highest BCUT2D eigenvalue weighted by Gasteiger charge is 2.08. The number of phenols is 2. The van der Waals surface area contributed by atoms with Crippen molar-refractivity contribution in [1.82, 2.24) is 4.57 Å². The van der Waals surface area contributed by atoms with Gasteiger partial charge in [-0.3, -0.25) is 0 Å². The molecule has 0 radical (unpaired) electrons. The average Bonchev–Trinajstić information content (AvgIpc) is 2.74. The lowest BCUT2D eigenvalue weighted by Crippen LogP contribution is -1.91. The van der Waals surface area contributed by atoms with Gasteiger partial charge < -0.3 is 14.8 Å². The van der Waals surface area contributed by atoms with E-state index in [-0.39, 0.29) is 11.5 Å². The molecule has 1 aromatic heterocycles. The van der Waals surface area contributed by atoms with Crippen molar-refractivity contribution >= 4 is 10.9 Å². The molecule has 1 heterocycles. The van der Waals surface area contributed by atoms with Crippen molar-refractivity contribution in [2.24, 2.45) is 0 Å². The zero-order chi connectivity index (χ0) is 12.7. The first-order valence-corrected chi connectivity index (χ1v) is 5.44. The monoisotopic (exact) mass is 243 g/mol. The standard InChI is InChI=1S/C14H10FNO2/c15-9-7-13-12(14(18)8-9)5-6-16(13)10-1-3-11(17)4-2-10/h1-8,17-18H. The topological polar surface area (TPSA) is 45.4 Å². The maximum Gasteiger partial charge on any atom is 0.129 e. The Hall–Kier alpha value is -2.49. The summed E-state index contributed by atoms with van der Waals surface area (Å²) in [6.45, 7) is 0. The molecular formula is C14H10FNO2. The van der Waals surface area contributed by atoms with Gasteiger partial charge in [-0.15, -0.1) is 0 Å². The summed E-state index contributed by atoms with van der Waals surface area (Å²) in [5.74, 6) is -0.398. The van der Waals surface area contributed by atoms with Gasteiger partial charge in [-0.2, -0.15) is 0 Å². The number of benzene rings is 2. The van der Waals surface area contributed by atoms with Gasteiger partial charge in [0.05, 0.1) is 5.52 Å². The van der Waals surface area contributed by atoms with Crippen LogP contribution in [-0.4, -0.2) is 14.8 Å². The molecule has 3 nitrogen and oxygen atoms in total. The van der Waals surface area contributed by atoms with Crippen LogP contribution < -0.4 is 0 Å². The smallest absolute Gasteiger partial charge is 0.129 e. The summed E-state index contributed by atoms with van der Waals surface area (Å²) in [6, 6.07) is 10.7. The minimum absolute atomic E-state index is 0.0810. The lowest BCUT2D eigenvalue weighted by atomic mass is 10.2. The van der Waals surface area contributed by atoms with Gasteiger partial charge in [-0.25, -0.2) is 4.39 Å². The van der Waals surface area contributed by atoms with Gasteiger partial charge in [0.15, 0.2) is 0 Å². The second kappa shape index (κ2) is 3.77. The highest BCUT2D eigenvalue weighted by atomic mass is 19.1. The first-order valence-electron chi connectivity index (χ1n) is 5.44. The zero-order valence-corrected chi connectivity index (χ0v) is 9.34. The Labute approximate surface area is 102 Å². The Morgan fingerprint density at radius 3 is 2.39 bits per heavy atom. The molecule has 4 heteroatoms. The molecule has 2 aromatic carbocycles. The number of hydrogen-bond acceptors (Lipinski definition) is 2. The Morgan fingerprint density at radius 1 is 0.944 bits per heavy atom.